The third kappa shape index (κ3) is 2.66. The van der Waals surface area contributed by atoms with E-state index >= 15 is 0 Å². The molecule has 3 aliphatic rings. The van der Waals surface area contributed by atoms with Crippen molar-refractivity contribution in [1.82, 2.24) is 14.7 Å². The topological polar surface area (TPSA) is 60.9 Å². The Labute approximate surface area is 124 Å². The van der Waals surface area contributed by atoms with E-state index < -0.39 is 0 Å². The van der Waals surface area contributed by atoms with Crippen molar-refractivity contribution in [1.29, 1.82) is 0 Å². The fourth-order valence-electron chi connectivity index (χ4n) is 3.16. The molecule has 6 heteroatoms. The van der Waals surface area contributed by atoms with Crippen LogP contribution in [0.5, 0.6) is 0 Å². The molecule has 3 rings (SSSR count). The van der Waals surface area contributed by atoms with Crippen molar-refractivity contribution in [3.05, 3.63) is 12.2 Å². The van der Waals surface area contributed by atoms with Crippen LogP contribution in [0.1, 0.15) is 32.6 Å². The van der Waals surface area contributed by atoms with E-state index in [4.69, 9.17) is 0 Å². The third-order valence-corrected chi connectivity index (χ3v) is 4.46. The van der Waals surface area contributed by atoms with Gasteiger partial charge in [0.05, 0.1) is 0 Å². The summed E-state index contributed by atoms with van der Waals surface area (Å²) in [6.45, 7) is 3.33. The van der Waals surface area contributed by atoms with Gasteiger partial charge in [-0.3, -0.25) is 14.5 Å². The highest BCUT2D eigenvalue weighted by atomic mass is 16.2. The minimum absolute atomic E-state index is 0.0272. The summed E-state index contributed by atoms with van der Waals surface area (Å²) in [5.41, 5.74) is 0. The van der Waals surface area contributed by atoms with Crippen LogP contribution < -0.4 is 0 Å². The molecular weight excluding hydrogens is 270 g/mol. The van der Waals surface area contributed by atoms with E-state index in [0.29, 0.717) is 13.1 Å². The number of urea groups is 1. The van der Waals surface area contributed by atoms with Crippen LogP contribution in [-0.2, 0) is 9.59 Å². The number of amides is 4. The molecule has 0 aromatic rings. The first kappa shape index (κ1) is 14.1. The van der Waals surface area contributed by atoms with Gasteiger partial charge in [0.1, 0.15) is 6.54 Å². The van der Waals surface area contributed by atoms with Crippen LogP contribution in [0.2, 0.25) is 0 Å². The molecule has 0 bridgehead atoms. The first-order chi connectivity index (χ1) is 10.1. The average molecular weight is 291 g/mol. The van der Waals surface area contributed by atoms with Crippen molar-refractivity contribution in [2.45, 2.75) is 44.7 Å². The van der Waals surface area contributed by atoms with E-state index in [1.807, 2.05) is 6.92 Å². The molecule has 21 heavy (non-hydrogen) atoms. The van der Waals surface area contributed by atoms with Crippen molar-refractivity contribution in [3.63, 3.8) is 0 Å². The molecule has 0 N–H and O–H groups in total. The number of rotatable bonds is 3. The number of carbonyl (C=O) groups excluding carboxylic acids is 3. The number of piperidine rings is 1. The van der Waals surface area contributed by atoms with Crippen molar-refractivity contribution >= 4 is 17.8 Å². The maximum atomic E-state index is 12.4. The van der Waals surface area contributed by atoms with Gasteiger partial charge in [-0.1, -0.05) is 6.08 Å². The van der Waals surface area contributed by atoms with Gasteiger partial charge in [-0.15, -0.1) is 0 Å². The van der Waals surface area contributed by atoms with E-state index in [-0.39, 0.29) is 36.5 Å². The normalized spacial score (nSPS) is 24.5. The molecule has 0 aromatic heterocycles. The van der Waals surface area contributed by atoms with Gasteiger partial charge in [0.25, 0.3) is 5.91 Å². The predicted octanol–water partition coefficient (Wildman–Crippen LogP) is 0.980. The number of hydrogen-bond donors (Lipinski definition) is 0. The van der Waals surface area contributed by atoms with Gasteiger partial charge < -0.3 is 9.80 Å². The van der Waals surface area contributed by atoms with E-state index in [2.05, 4.69) is 0 Å². The molecule has 2 saturated heterocycles. The predicted molar refractivity (Wildman–Crippen MR) is 76.4 cm³/mol. The lowest BCUT2D eigenvalue weighted by Crippen LogP contribution is -2.47. The second-order valence-electron chi connectivity index (χ2n) is 5.96. The van der Waals surface area contributed by atoms with Crippen LogP contribution in [0.3, 0.4) is 0 Å². The summed E-state index contributed by atoms with van der Waals surface area (Å²) in [6, 6.07) is 0.104. The molecule has 0 atom stereocenters. The van der Waals surface area contributed by atoms with Crippen LogP contribution in [-0.4, -0.2) is 64.3 Å². The third-order valence-electron chi connectivity index (χ3n) is 4.46. The van der Waals surface area contributed by atoms with E-state index in [9.17, 15) is 14.4 Å². The van der Waals surface area contributed by atoms with Crippen molar-refractivity contribution in [3.8, 4) is 0 Å². The minimum atomic E-state index is -0.124. The molecule has 1 saturated carbocycles. The Kier molecular flexibility index (Phi) is 3.69. The fourth-order valence-corrected chi connectivity index (χ4v) is 3.16. The van der Waals surface area contributed by atoms with E-state index in [1.54, 1.807) is 22.0 Å². The Hall–Kier alpha value is -1.85. The van der Waals surface area contributed by atoms with Gasteiger partial charge in [-0.2, -0.15) is 0 Å². The zero-order chi connectivity index (χ0) is 15.0. The zero-order valence-corrected chi connectivity index (χ0v) is 12.3. The maximum Gasteiger partial charge on any atom is 0.327 e. The summed E-state index contributed by atoms with van der Waals surface area (Å²) in [7, 11) is 0. The molecule has 2 aliphatic heterocycles. The molecule has 6 nitrogen and oxygen atoms in total. The van der Waals surface area contributed by atoms with E-state index in [1.165, 1.54) is 4.90 Å². The Balaban J connectivity index is 1.58. The lowest BCUT2D eigenvalue weighted by molar-refractivity contribution is -0.128. The van der Waals surface area contributed by atoms with Crippen molar-refractivity contribution in [2.24, 2.45) is 0 Å². The number of carbonyl (C=O) groups is 3. The molecule has 0 unspecified atom stereocenters. The number of hydrogen-bond acceptors (Lipinski definition) is 3. The molecule has 1 aliphatic carbocycles. The van der Waals surface area contributed by atoms with Gasteiger partial charge in [-0.25, -0.2) is 4.79 Å². The first-order valence-corrected chi connectivity index (χ1v) is 7.66. The van der Waals surface area contributed by atoms with Crippen LogP contribution >= 0.6 is 0 Å². The van der Waals surface area contributed by atoms with Gasteiger partial charge in [0.2, 0.25) is 5.91 Å². The summed E-state index contributed by atoms with van der Waals surface area (Å²) in [5.74, 6) is -0.0331. The molecular formula is C15H21N3O3. The molecule has 114 valence electrons. The summed E-state index contributed by atoms with van der Waals surface area (Å²) < 4.78 is 0. The summed E-state index contributed by atoms with van der Waals surface area (Å²) >= 11 is 0. The van der Waals surface area contributed by atoms with E-state index in [0.717, 1.165) is 25.7 Å². The molecule has 2 heterocycles. The SMILES string of the molecule is C/C=C/C(=O)N1CCC(N2CC(=O)N(C3CC3)C2=O)CC1. The number of likely N-dealkylation sites (tertiary alicyclic amines) is 1. The van der Waals surface area contributed by atoms with Crippen molar-refractivity contribution in [2.75, 3.05) is 19.6 Å². The highest BCUT2D eigenvalue weighted by Gasteiger charge is 2.47. The minimum Gasteiger partial charge on any atom is -0.339 e. The van der Waals surface area contributed by atoms with Gasteiger partial charge >= 0.3 is 6.03 Å². The average Bonchev–Trinajstić information content (AvgIpc) is 3.25. The highest BCUT2D eigenvalue weighted by molar-refractivity contribution is 6.02. The number of nitrogens with zero attached hydrogens (tertiary/aromatic N) is 3. The molecule has 0 aromatic carbocycles. The lowest BCUT2D eigenvalue weighted by atomic mass is 10.0. The van der Waals surface area contributed by atoms with Gasteiger partial charge in [0, 0.05) is 25.2 Å². The number of imide groups is 1. The Morgan fingerprint density at radius 1 is 1.10 bits per heavy atom. The molecule has 4 amide bonds. The Morgan fingerprint density at radius 3 is 2.33 bits per heavy atom. The largest absolute Gasteiger partial charge is 0.339 e. The maximum absolute atomic E-state index is 12.4. The first-order valence-electron chi connectivity index (χ1n) is 7.66. The van der Waals surface area contributed by atoms with Crippen LogP contribution in [0.25, 0.3) is 0 Å². The van der Waals surface area contributed by atoms with Crippen LogP contribution in [0, 0.1) is 0 Å². The Bertz CT molecular complexity index is 490. The van der Waals surface area contributed by atoms with Gasteiger partial charge in [-0.05, 0) is 38.7 Å². The zero-order valence-electron chi connectivity index (χ0n) is 12.3. The second-order valence-corrected chi connectivity index (χ2v) is 5.96. The summed E-state index contributed by atoms with van der Waals surface area (Å²) in [6.07, 6.45) is 6.70. The second kappa shape index (κ2) is 5.50. The lowest BCUT2D eigenvalue weighted by Gasteiger charge is -2.35. The highest BCUT2D eigenvalue weighted by Crippen LogP contribution is 2.32. The number of allylic oxidation sites excluding steroid dienone is 1. The monoisotopic (exact) mass is 291 g/mol. The standard InChI is InChI=1S/C15H21N3O3/c1-2-3-13(19)16-8-6-11(7-9-16)17-10-14(20)18(15(17)21)12-4-5-12/h2-3,11-12H,4-10H2,1H3/b3-2+. The van der Waals surface area contributed by atoms with Crippen LogP contribution in [0.15, 0.2) is 12.2 Å². The Morgan fingerprint density at radius 2 is 1.76 bits per heavy atom. The summed E-state index contributed by atoms with van der Waals surface area (Å²) in [4.78, 5) is 41.1. The molecule has 0 spiro atoms. The summed E-state index contributed by atoms with van der Waals surface area (Å²) in [5, 5.41) is 0. The smallest absolute Gasteiger partial charge is 0.327 e. The molecule has 0 radical (unpaired) electrons. The van der Waals surface area contributed by atoms with Crippen LogP contribution in [0.4, 0.5) is 4.79 Å². The quantitative estimate of drug-likeness (QED) is 0.575. The fraction of sp³-hybridized carbons (Fsp3) is 0.667. The molecule has 3 fully saturated rings. The van der Waals surface area contributed by atoms with Gasteiger partial charge in [0.15, 0.2) is 0 Å². The van der Waals surface area contributed by atoms with Crippen molar-refractivity contribution < 1.29 is 14.4 Å².